The Bertz CT molecular complexity index is 527. The third-order valence-electron chi connectivity index (χ3n) is 3.32. The van der Waals surface area contributed by atoms with Crippen molar-refractivity contribution >= 4 is 11.3 Å². The normalized spacial score (nSPS) is 18.8. The van der Waals surface area contributed by atoms with Gasteiger partial charge in [-0.25, -0.2) is 0 Å². The maximum Gasteiger partial charge on any atom is 0.0348 e. The Hall–Kier alpha value is -1.12. The molecule has 0 amide bonds. The van der Waals surface area contributed by atoms with Gasteiger partial charge in [0.05, 0.1) is 0 Å². The molecule has 2 N–H and O–H groups in total. The van der Waals surface area contributed by atoms with Crippen LogP contribution in [0.1, 0.15) is 28.5 Å². The molecule has 82 valence electrons. The fraction of sp³-hybridized carbons (Fsp3) is 0.286. The molecule has 0 saturated heterocycles. The van der Waals surface area contributed by atoms with Crippen LogP contribution in [0, 0.1) is 6.92 Å². The van der Waals surface area contributed by atoms with Gasteiger partial charge < -0.3 is 5.73 Å². The monoisotopic (exact) mass is 229 g/mol. The number of hydrogen-bond donors (Lipinski definition) is 1. The van der Waals surface area contributed by atoms with Gasteiger partial charge in [-0.15, -0.1) is 11.3 Å². The van der Waals surface area contributed by atoms with Crippen LogP contribution >= 0.6 is 11.3 Å². The predicted molar refractivity (Wildman–Crippen MR) is 69.7 cm³/mol. The summed E-state index contributed by atoms with van der Waals surface area (Å²) < 4.78 is 0. The largest absolute Gasteiger partial charge is 0.324 e. The highest BCUT2D eigenvalue weighted by Crippen LogP contribution is 2.38. The standard InChI is InChI=1S/C14H15NS/c1-9-5-8-14(16-9)12-4-2-3-11-10(12)6-7-13(11)15/h2-5,8,13H,6-7,15H2,1H3. The molecule has 0 saturated carbocycles. The van der Waals surface area contributed by atoms with Crippen LogP contribution in [0.3, 0.4) is 0 Å². The van der Waals surface area contributed by atoms with Gasteiger partial charge in [-0.3, -0.25) is 0 Å². The molecule has 3 rings (SSSR count). The fourth-order valence-corrected chi connectivity index (χ4v) is 3.42. The summed E-state index contributed by atoms with van der Waals surface area (Å²) in [6.45, 7) is 2.16. The topological polar surface area (TPSA) is 26.0 Å². The number of thiophene rings is 1. The van der Waals surface area contributed by atoms with E-state index < -0.39 is 0 Å². The highest BCUT2D eigenvalue weighted by molar-refractivity contribution is 7.15. The lowest BCUT2D eigenvalue weighted by Crippen LogP contribution is -2.04. The second-order valence-corrected chi connectivity index (χ2v) is 5.72. The first kappa shape index (κ1) is 10.1. The number of rotatable bonds is 1. The number of fused-ring (bicyclic) bond motifs is 1. The molecular weight excluding hydrogens is 214 g/mol. The van der Waals surface area contributed by atoms with Crippen LogP contribution in [0.4, 0.5) is 0 Å². The summed E-state index contributed by atoms with van der Waals surface area (Å²) in [7, 11) is 0. The molecule has 1 aromatic carbocycles. The zero-order valence-corrected chi connectivity index (χ0v) is 10.2. The van der Waals surface area contributed by atoms with Crippen molar-refractivity contribution in [3.8, 4) is 10.4 Å². The summed E-state index contributed by atoms with van der Waals surface area (Å²) in [6, 6.07) is 11.2. The summed E-state index contributed by atoms with van der Waals surface area (Å²) >= 11 is 1.87. The molecule has 0 bridgehead atoms. The van der Waals surface area contributed by atoms with E-state index in [9.17, 15) is 0 Å². The van der Waals surface area contributed by atoms with Gasteiger partial charge in [0.25, 0.3) is 0 Å². The van der Waals surface area contributed by atoms with E-state index in [1.807, 2.05) is 11.3 Å². The Morgan fingerprint density at radius 3 is 2.88 bits per heavy atom. The van der Waals surface area contributed by atoms with Gasteiger partial charge in [-0.05, 0) is 48.6 Å². The van der Waals surface area contributed by atoms with Crippen LogP contribution in [0.15, 0.2) is 30.3 Å². The zero-order valence-electron chi connectivity index (χ0n) is 9.36. The van der Waals surface area contributed by atoms with Crippen molar-refractivity contribution in [2.75, 3.05) is 0 Å². The maximum atomic E-state index is 6.10. The van der Waals surface area contributed by atoms with Crippen molar-refractivity contribution in [1.82, 2.24) is 0 Å². The second-order valence-electron chi connectivity index (χ2n) is 4.43. The first-order chi connectivity index (χ1) is 7.75. The van der Waals surface area contributed by atoms with Crippen LogP contribution in [0.2, 0.25) is 0 Å². The number of nitrogens with two attached hydrogens (primary N) is 1. The average molecular weight is 229 g/mol. The van der Waals surface area contributed by atoms with Crippen molar-refractivity contribution < 1.29 is 0 Å². The lowest BCUT2D eigenvalue weighted by Gasteiger charge is -2.08. The van der Waals surface area contributed by atoms with Crippen molar-refractivity contribution in [2.45, 2.75) is 25.8 Å². The predicted octanol–water partition coefficient (Wildman–Crippen LogP) is 3.67. The third kappa shape index (κ3) is 1.49. The molecule has 0 aliphatic heterocycles. The van der Waals surface area contributed by atoms with Gasteiger partial charge >= 0.3 is 0 Å². The van der Waals surface area contributed by atoms with Crippen LogP contribution in [-0.4, -0.2) is 0 Å². The Balaban J connectivity index is 2.16. The van der Waals surface area contributed by atoms with Crippen LogP contribution in [0.5, 0.6) is 0 Å². The van der Waals surface area contributed by atoms with E-state index in [1.54, 1.807) is 0 Å². The number of aryl methyl sites for hydroxylation is 1. The molecule has 0 fully saturated rings. The maximum absolute atomic E-state index is 6.10. The van der Waals surface area contributed by atoms with Gasteiger partial charge in [0.2, 0.25) is 0 Å². The SMILES string of the molecule is Cc1ccc(-c2cccc3c2CCC3N)s1. The minimum absolute atomic E-state index is 0.246. The van der Waals surface area contributed by atoms with Crippen LogP contribution in [0.25, 0.3) is 10.4 Å². The molecule has 2 heteroatoms. The van der Waals surface area contributed by atoms with Crippen molar-refractivity contribution in [1.29, 1.82) is 0 Å². The Morgan fingerprint density at radius 2 is 2.12 bits per heavy atom. The van der Waals surface area contributed by atoms with E-state index in [2.05, 4.69) is 37.3 Å². The highest BCUT2D eigenvalue weighted by Gasteiger charge is 2.22. The van der Waals surface area contributed by atoms with Crippen LogP contribution in [-0.2, 0) is 6.42 Å². The molecule has 1 nitrogen and oxygen atoms in total. The van der Waals surface area contributed by atoms with Gasteiger partial charge in [0.1, 0.15) is 0 Å². The first-order valence-corrected chi connectivity index (χ1v) is 6.51. The first-order valence-electron chi connectivity index (χ1n) is 5.70. The number of benzene rings is 1. The van der Waals surface area contributed by atoms with Gasteiger partial charge in [-0.1, -0.05) is 18.2 Å². The van der Waals surface area contributed by atoms with Crippen molar-refractivity contribution in [2.24, 2.45) is 5.73 Å². The highest BCUT2D eigenvalue weighted by atomic mass is 32.1. The molecular formula is C14H15NS. The summed E-state index contributed by atoms with van der Waals surface area (Å²) in [5.74, 6) is 0. The van der Waals surface area contributed by atoms with E-state index >= 15 is 0 Å². The second kappa shape index (κ2) is 3.72. The zero-order chi connectivity index (χ0) is 11.1. The van der Waals surface area contributed by atoms with Gasteiger partial charge in [-0.2, -0.15) is 0 Å². The van der Waals surface area contributed by atoms with Crippen molar-refractivity contribution in [3.05, 3.63) is 46.3 Å². The quantitative estimate of drug-likeness (QED) is 0.793. The van der Waals surface area contributed by atoms with E-state index in [0.717, 1.165) is 12.8 Å². The molecule has 1 heterocycles. The molecule has 1 atom stereocenters. The summed E-state index contributed by atoms with van der Waals surface area (Å²) in [5, 5.41) is 0. The lowest BCUT2D eigenvalue weighted by molar-refractivity contribution is 0.713. The Morgan fingerprint density at radius 1 is 1.25 bits per heavy atom. The molecule has 1 aliphatic carbocycles. The lowest BCUT2D eigenvalue weighted by atomic mass is 10.0. The Labute approximate surface area is 99.9 Å². The smallest absolute Gasteiger partial charge is 0.0348 e. The molecule has 0 radical (unpaired) electrons. The molecule has 0 spiro atoms. The minimum atomic E-state index is 0.246. The molecule has 1 aromatic heterocycles. The molecule has 16 heavy (non-hydrogen) atoms. The van der Waals surface area contributed by atoms with Gasteiger partial charge in [0.15, 0.2) is 0 Å². The molecule has 1 unspecified atom stereocenters. The van der Waals surface area contributed by atoms with E-state index in [-0.39, 0.29) is 6.04 Å². The van der Waals surface area contributed by atoms with Crippen LogP contribution < -0.4 is 5.73 Å². The summed E-state index contributed by atoms with van der Waals surface area (Å²) in [4.78, 5) is 2.75. The van der Waals surface area contributed by atoms with E-state index in [1.165, 1.54) is 26.4 Å². The number of hydrogen-bond acceptors (Lipinski definition) is 2. The molecule has 1 aliphatic rings. The fourth-order valence-electron chi connectivity index (χ4n) is 2.50. The van der Waals surface area contributed by atoms with Crippen molar-refractivity contribution in [3.63, 3.8) is 0 Å². The van der Waals surface area contributed by atoms with E-state index in [4.69, 9.17) is 5.73 Å². The summed E-state index contributed by atoms with van der Waals surface area (Å²) in [6.07, 6.45) is 2.22. The van der Waals surface area contributed by atoms with Gasteiger partial charge in [0, 0.05) is 15.8 Å². The Kier molecular flexibility index (Phi) is 2.34. The summed E-state index contributed by atoms with van der Waals surface area (Å²) in [5.41, 5.74) is 10.3. The molecule has 2 aromatic rings. The average Bonchev–Trinajstić information content (AvgIpc) is 2.86. The third-order valence-corrected chi connectivity index (χ3v) is 4.36. The minimum Gasteiger partial charge on any atom is -0.324 e. The van der Waals surface area contributed by atoms with E-state index in [0.29, 0.717) is 0 Å².